The Morgan fingerprint density at radius 1 is 0.944 bits per heavy atom. The highest BCUT2D eigenvalue weighted by atomic mass is 32.2. The van der Waals surface area contributed by atoms with Crippen molar-refractivity contribution < 1.29 is 14.4 Å². The van der Waals surface area contributed by atoms with Crippen LogP contribution in [0.15, 0.2) is 94.3 Å². The normalized spacial score (nSPS) is 12.0. The first-order valence-electron chi connectivity index (χ1n) is 10.9. The van der Waals surface area contributed by atoms with Gasteiger partial charge in [-0.3, -0.25) is 14.4 Å². The SMILES string of the molecule is CC(Sc1cccc(NC(=O)/C(=C/c2cccs2)NC(=O)c2ccccc2)c1)C(=O)Nc1nccs1. The van der Waals surface area contributed by atoms with Crippen molar-refractivity contribution in [2.24, 2.45) is 0 Å². The summed E-state index contributed by atoms with van der Waals surface area (Å²) >= 11 is 4.18. The number of hydrogen-bond acceptors (Lipinski definition) is 7. The number of anilines is 2. The van der Waals surface area contributed by atoms with Crippen LogP contribution in [-0.2, 0) is 9.59 Å². The van der Waals surface area contributed by atoms with Gasteiger partial charge in [-0.05, 0) is 54.8 Å². The third-order valence-electron chi connectivity index (χ3n) is 4.80. The largest absolute Gasteiger partial charge is 0.321 e. The second-order valence-corrected chi connectivity index (χ2v) is 10.8. The van der Waals surface area contributed by atoms with Crippen molar-refractivity contribution in [1.29, 1.82) is 0 Å². The number of aromatic nitrogens is 1. The Balaban J connectivity index is 1.45. The zero-order chi connectivity index (χ0) is 25.3. The lowest BCUT2D eigenvalue weighted by molar-refractivity contribution is -0.115. The Hall–Kier alpha value is -3.73. The molecule has 0 spiro atoms. The van der Waals surface area contributed by atoms with E-state index in [9.17, 15) is 14.4 Å². The van der Waals surface area contributed by atoms with E-state index in [-0.39, 0.29) is 22.8 Å². The summed E-state index contributed by atoms with van der Waals surface area (Å²) in [6.07, 6.45) is 3.28. The topological polar surface area (TPSA) is 100 Å². The molecule has 10 heteroatoms. The van der Waals surface area contributed by atoms with Crippen molar-refractivity contribution >= 4 is 69.1 Å². The number of carbonyl (C=O) groups excluding carboxylic acids is 3. The number of nitrogens with zero attached hydrogens (tertiary/aromatic N) is 1. The lowest BCUT2D eigenvalue weighted by atomic mass is 10.2. The van der Waals surface area contributed by atoms with Crippen molar-refractivity contribution in [1.82, 2.24) is 10.3 Å². The van der Waals surface area contributed by atoms with Gasteiger partial charge in [-0.1, -0.05) is 30.3 Å². The number of amides is 3. The van der Waals surface area contributed by atoms with Gasteiger partial charge in [0, 0.05) is 32.6 Å². The lowest BCUT2D eigenvalue weighted by Crippen LogP contribution is -2.30. The van der Waals surface area contributed by atoms with E-state index in [1.54, 1.807) is 67.0 Å². The number of carbonyl (C=O) groups is 3. The average Bonchev–Trinajstić information content (AvgIpc) is 3.59. The maximum absolute atomic E-state index is 13.2. The minimum absolute atomic E-state index is 0.126. The van der Waals surface area contributed by atoms with Gasteiger partial charge in [-0.15, -0.1) is 34.4 Å². The quantitative estimate of drug-likeness (QED) is 0.188. The van der Waals surface area contributed by atoms with E-state index in [0.29, 0.717) is 16.4 Å². The predicted octanol–water partition coefficient (Wildman–Crippen LogP) is 5.73. The van der Waals surface area contributed by atoms with Gasteiger partial charge in [-0.2, -0.15) is 0 Å². The molecule has 2 aromatic carbocycles. The van der Waals surface area contributed by atoms with Crippen LogP contribution in [0, 0.1) is 0 Å². The second kappa shape index (κ2) is 12.3. The second-order valence-electron chi connectivity index (χ2n) is 7.46. The van der Waals surface area contributed by atoms with Crippen molar-refractivity contribution in [3.63, 3.8) is 0 Å². The van der Waals surface area contributed by atoms with Crippen molar-refractivity contribution in [2.45, 2.75) is 17.1 Å². The monoisotopic (exact) mass is 534 g/mol. The van der Waals surface area contributed by atoms with Crippen molar-refractivity contribution in [3.05, 3.63) is 99.8 Å². The van der Waals surface area contributed by atoms with Gasteiger partial charge in [0.25, 0.3) is 11.8 Å². The predicted molar refractivity (Wildman–Crippen MR) is 147 cm³/mol. The average molecular weight is 535 g/mol. The molecule has 0 saturated carbocycles. The summed E-state index contributed by atoms with van der Waals surface area (Å²) in [4.78, 5) is 44.0. The van der Waals surface area contributed by atoms with Gasteiger partial charge in [0.15, 0.2) is 5.13 Å². The fourth-order valence-corrected chi connectivity index (χ4v) is 5.17. The molecule has 3 N–H and O–H groups in total. The summed E-state index contributed by atoms with van der Waals surface area (Å²) in [5, 5.41) is 12.2. The number of nitrogens with one attached hydrogen (secondary N) is 3. The number of thiophene rings is 1. The van der Waals surface area contributed by atoms with Crippen LogP contribution in [0.5, 0.6) is 0 Å². The standard InChI is InChI=1S/C26H22N4O3S3/c1-17(23(31)30-26-27-12-14-35-26)36-21-10-5-9-19(15-21)28-25(33)22(16-20-11-6-13-34-20)29-24(32)18-7-3-2-4-8-18/h2-17H,1H3,(H,28,33)(H,29,32)(H,27,30,31)/b22-16-. The molecule has 0 aliphatic rings. The highest BCUT2D eigenvalue weighted by Crippen LogP contribution is 2.27. The van der Waals surface area contributed by atoms with Gasteiger partial charge in [-0.25, -0.2) is 4.98 Å². The Morgan fingerprint density at radius 3 is 2.50 bits per heavy atom. The minimum Gasteiger partial charge on any atom is -0.321 e. The van der Waals surface area contributed by atoms with Gasteiger partial charge in [0.05, 0.1) is 5.25 Å². The fourth-order valence-electron chi connectivity index (χ4n) is 3.05. The molecular weight excluding hydrogens is 513 g/mol. The molecule has 0 radical (unpaired) electrons. The molecule has 2 aromatic heterocycles. The van der Waals surface area contributed by atoms with E-state index in [2.05, 4.69) is 20.9 Å². The maximum atomic E-state index is 13.2. The van der Waals surface area contributed by atoms with Crippen LogP contribution in [0.3, 0.4) is 0 Å². The molecule has 3 amide bonds. The molecule has 0 fully saturated rings. The maximum Gasteiger partial charge on any atom is 0.272 e. The summed E-state index contributed by atoms with van der Waals surface area (Å²) < 4.78 is 0. The van der Waals surface area contributed by atoms with Gasteiger partial charge in [0.2, 0.25) is 5.91 Å². The molecule has 4 rings (SSSR count). The van der Waals surface area contributed by atoms with Crippen LogP contribution < -0.4 is 16.0 Å². The van der Waals surface area contributed by atoms with E-state index < -0.39 is 5.91 Å². The van der Waals surface area contributed by atoms with Crippen molar-refractivity contribution in [3.8, 4) is 0 Å². The van der Waals surface area contributed by atoms with Crippen LogP contribution in [0.25, 0.3) is 6.08 Å². The number of rotatable bonds is 9. The van der Waals surface area contributed by atoms with E-state index in [0.717, 1.165) is 9.77 Å². The summed E-state index contributed by atoms with van der Waals surface area (Å²) in [5.74, 6) is -0.989. The van der Waals surface area contributed by atoms with Crippen LogP contribution in [-0.4, -0.2) is 28.0 Å². The van der Waals surface area contributed by atoms with Gasteiger partial charge < -0.3 is 16.0 Å². The number of hydrogen-bond donors (Lipinski definition) is 3. The molecule has 0 aliphatic heterocycles. The van der Waals surface area contributed by atoms with E-state index in [1.165, 1.54) is 34.4 Å². The third-order valence-corrected chi connectivity index (χ3v) is 7.40. The summed E-state index contributed by atoms with van der Waals surface area (Å²) in [5.41, 5.74) is 1.12. The summed E-state index contributed by atoms with van der Waals surface area (Å²) in [7, 11) is 0. The molecule has 182 valence electrons. The number of thiazole rings is 1. The number of benzene rings is 2. The zero-order valence-corrected chi connectivity index (χ0v) is 21.6. The molecule has 2 heterocycles. The first kappa shape index (κ1) is 25.4. The summed E-state index contributed by atoms with van der Waals surface area (Å²) in [6, 6.07) is 19.7. The van der Waals surface area contributed by atoms with E-state index in [4.69, 9.17) is 0 Å². The molecular formula is C26H22N4O3S3. The smallest absolute Gasteiger partial charge is 0.272 e. The Kier molecular flexibility index (Phi) is 8.66. The first-order valence-corrected chi connectivity index (χ1v) is 13.5. The zero-order valence-electron chi connectivity index (χ0n) is 19.1. The van der Waals surface area contributed by atoms with E-state index in [1.807, 2.05) is 29.6 Å². The molecule has 1 atom stereocenters. The molecule has 1 unspecified atom stereocenters. The molecule has 0 aliphatic carbocycles. The van der Waals surface area contributed by atoms with E-state index >= 15 is 0 Å². The molecule has 7 nitrogen and oxygen atoms in total. The fraction of sp³-hybridized carbons (Fsp3) is 0.0769. The van der Waals surface area contributed by atoms with Crippen LogP contribution >= 0.6 is 34.4 Å². The Labute approximate surface area is 220 Å². The number of thioether (sulfide) groups is 1. The van der Waals surface area contributed by atoms with Crippen LogP contribution in [0.2, 0.25) is 0 Å². The lowest BCUT2D eigenvalue weighted by Gasteiger charge is -2.13. The molecule has 0 bridgehead atoms. The Bertz CT molecular complexity index is 1350. The van der Waals surface area contributed by atoms with Crippen LogP contribution in [0.1, 0.15) is 22.2 Å². The molecule has 0 saturated heterocycles. The minimum atomic E-state index is -0.454. The molecule has 36 heavy (non-hydrogen) atoms. The van der Waals surface area contributed by atoms with Crippen molar-refractivity contribution in [2.75, 3.05) is 10.6 Å². The molecule has 4 aromatic rings. The van der Waals surface area contributed by atoms with Gasteiger partial charge >= 0.3 is 0 Å². The van der Waals surface area contributed by atoms with Gasteiger partial charge in [0.1, 0.15) is 5.70 Å². The highest BCUT2D eigenvalue weighted by molar-refractivity contribution is 8.00. The Morgan fingerprint density at radius 2 is 1.78 bits per heavy atom. The third kappa shape index (κ3) is 7.14. The van der Waals surface area contributed by atoms with Crippen LogP contribution in [0.4, 0.5) is 10.8 Å². The highest BCUT2D eigenvalue weighted by Gasteiger charge is 2.18. The summed E-state index contributed by atoms with van der Waals surface area (Å²) in [6.45, 7) is 1.81. The first-order chi connectivity index (χ1) is 17.5.